The number of unbranched alkanes of at least 4 members (excludes halogenated alkanes) is 1. The Hall–Kier alpha value is -3.99. The first kappa shape index (κ1) is 22.2. The SMILES string of the molecule is CCCCc1ccc(NC(=O)c2cccc(Nc3ccc(-c4cccc(C)c4)nn3)c2)cc1. The summed E-state index contributed by atoms with van der Waals surface area (Å²) in [6, 6.07) is 27.4. The summed E-state index contributed by atoms with van der Waals surface area (Å²) in [6.45, 7) is 4.24. The van der Waals surface area contributed by atoms with Crippen LogP contribution in [-0.2, 0) is 6.42 Å². The summed E-state index contributed by atoms with van der Waals surface area (Å²) >= 11 is 0. The molecule has 4 aromatic rings. The standard InChI is InChI=1S/C28H28N4O/c1-3-4-8-21-12-14-24(15-13-21)30-28(33)23-10-6-11-25(19-23)29-27-17-16-26(31-32-27)22-9-5-7-20(2)18-22/h5-7,9-19H,3-4,8H2,1-2H3,(H,29,32)(H,30,33). The Labute approximate surface area is 194 Å². The van der Waals surface area contributed by atoms with E-state index in [0.29, 0.717) is 11.4 Å². The van der Waals surface area contributed by atoms with Crippen molar-refractivity contribution in [3.05, 3.63) is 102 Å². The Balaban J connectivity index is 1.40. The number of hydrogen-bond acceptors (Lipinski definition) is 4. The lowest BCUT2D eigenvalue weighted by molar-refractivity contribution is 0.102. The van der Waals surface area contributed by atoms with Crippen molar-refractivity contribution in [3.63, 3.8) is 0 Å². The lowest BCUT2D eigenvalue weighted by Gasteiger charge is -2.09. The number of aryl methyl sites for hydroxylation is 2. The Morgan fingerprint density at radius 2 is 1.67 bits per heavy atom. The summed E-state index contributed by atoms with van der Waals surface area (Å²) in [5, 5.41) is 14.8. The van der Waals surface area contributed by atoms with Gasteiger partial charge in [0.2, 0.25) is 0 Å². The summed E-state index contributed by atoms with van der Waals surface area (Å²) in [7, 11) is 0. The molecule has 5 heteroatoms. The van der Waals surface area contributed by atoms with Gasteiger partial charge in [0, 0.05) is 22.5 Å². The van der Waals surface area contributed by atoms with Crippen LogP contribution >= 0.6 is 0 Å². The minimum Gasteiger partial charge on any atom is -0.339 e. The quantitative estimate of drug-likeness (QED) is 0.319. The number of hydrogen-bond donors (Lipinski definition) is 2. The summed E-state index contributed by atoms with van der Waals surface area (Å²) < 4.78 is 0. The molecule has 0 atom stereocenters. The van der Waals surface area contributed by atoms with Crippen molar-refractivity contribution < 1.29 is 4.79 Å². The lowest BCUT2D eigenvalue weighted by Crippen LogP contribution is -2.12. The average Bonchev–Trinajstić information content (AvgIpc) is 2.84. The van der Waals surface area contributed by atoms with E-state index in [4.69, 9.17) is 0 Å². The highest BCUT2D eigenvalue weighted by Gasteiger charge is 2.08. The molecule has 4 rings (SSSR count). The molecule has 0 fully saturated rings. The molecule has 1 amide bonds. The van der Waals surface area contributed by atoms with Crippen molar-refractivity contribution in [1.82, 2.24) is 10.2 Å². The molecule has 0 aliphatic heterocycles. The van der Waals surface area contributed by atoms with Crippen LogP contribution in [0.3, 0.4) is 0 Å². The third kappa shape index (κ3) is 6.04. The molecular weight excluding hydrogens is 408 g/mol. The molecule has 3 aromatic carbocycles. The van der Waals surface area contributed by atoms with Crippen molar-refractivity contribution in [1.29, 1.82) is 0 Å². The smallest absolute Gasteiger partial charge is 0.255 e. The zero-order valence-corrected chi connectivity index (χ0v) is 19.0. The number of amides is 1. The van der Waals surface area contributed by atoms with Gasteiger partial charge < -0.3 is 10.6 Å². The van der Waals surface area contributed by atoms with E-state index in [0.717, 1.165) is 29.1 Å². The fraction of sp³-hybridized carbons (Fsp3) is 0.179. The van der Waals surface area contributed by atoms with E-state index in [1.807, 2.05) is 48.5 Å². The van der Waals surface area contributed by atoms with E-state index in [1.165, 1.54) is 24.0 Å². The van der Waals surface area contributed by atoms with Crippen LogP contribution in [0.15, 0.2) is 84.9 Å². The molecule has 0 saturated heterocycles. The van der Waals surface area contributed by atoms with E-state index in [-0.39, 0.29) is 5.91 Å². The lowest BCUT2D eigenvalue weighted by atomic mass is 10.1. The first-order chi connectivity index (χ1) is 16.1. The number of carbonyl (C=O) groups excluding carboxylic acids is 1. The minimum absolute atomic E-state index is 0.152. The van der Waals surface area contributed by atoms with Crippen LogP contribution in [0, 0.1) is 6.92 Å². The second-order valence-electron chi connectivity index (χ2n) is 8.13. The maximum atomic E-state index is 12.7. The van der Waals surface area contributed by atoms with Crippen LogP contribution in [0.2, 0.25) is 0 Å². The molecule has 33 heavy (non-hydrogen) atoms. The van der Waals surface area contributed by atoms with Crippen molar-refractivity contribution in [2.24, 2.45) is 0 Å². The van der Waals surface area contributed by atoms with Gasteiger partial charge in [-0.3, -0.25) is 4.79 Å². The van der Waals surface area contributed by atoms with Crippen molar-refractivity contribution in [2.75, 3.05) is 10.6 Å². The number of nitrogens with zero attached hydrogens (tertiary/aromatic N) is 2. The van der Waals surface area contributed by atoms with Gasteiger partial charge in [-0.2, -0.15) is 0 Å². The van der Waals surface area contributed by atoms with E-state index in [2.05, 4.69) is 58.9 Å². The zero-order chi connectivity index (χ0) is 23.0. The number of aromatic nitrogens is 2. The van der Waals surface area contributed by atoms with Crippen molar-refractivity contribution in [3.8, 4) is 11.3 Å². The molecule has 1 heterocycles. The molecule has 0 aliphatic rings. The van der Waals surface area contributed by atoms with Gasteiger partial charge in [0.15, 0.2) is 5.82 Å². The van der Waals surface area contributed by atoms with Crippen LogP contribution in [0.5, 0.6) is 0 Å². The van der Waals surface area contributed by atoms with Gasteiger partial charge in [-0.05, 0) is 73.9 Å². The molecule has 0 spiro atoms. The highest BCUT2D eigenvalue weighted by atomic mass is 16.1. The molecule has 0 unspecified atom stereocenters. The average molecular weight is 437 g/mol. The molecular formula is C28H28N4O. The van der Waals surface area contributed by atoms with E-state index < -0.39 is 0 Å². The highest BCUT2D eigenvalue weighted by molar-refractivity contribution is 6.04. The first-order valence-electron chi connectivity index (χ1n) is 11.3. The Morgan fingerprint density at radius 3 is 2.39 bits per heavy atom. The van der Waals surface area contributed by atoms with Gasteiger partial charge in [0.25, 0.3) is 5.91 Å². The summed E-state index contributed by atoms with van der Waals surface area (Å²) in [5.74, 6) is 0.465. The van der Waals surface area contributed by atoms with Crippen LogP contribution in [-0.4, -0.2) is 16.1 Å². The van der Waals surface area contributed by atoms with Gasteiger partial charge in [-0.15, -0.1) is 10.2 Å². The zero-order valence-electron chi connectivity index (χ0n) is 19.0. The predicted molar refractivity (Wildman–Crippen MR) is 135 cm³/mol. The van der Waals surface area contributed by atoms with E-state index in [1.54, 1.807) is 12.1 Å². The van der Waals surface area contributed by atoms with Gasteiger partial charge >= 0.3 is 0 Å². The van der Waals surface area contributed by atoms with Crippen molar-refractivity contribution >= 4 is 23.1 Å². The van der Waals surface area contributed by atoms with Crippen LogP contribution in [0.1, 0.15) is 41.3 Å². The fourth-order valence-electron chi connectivity index (χ4n) is 3.58. The topological polar surface area (TPSA) is 66.9 Å². The largest absolute Gasteiger partial charge is 0.339 e. The molecule has 1 aromatic heterocycles. The van der Waals surface area contributed by atoms with Gasteiger partial charge in [0.05, 0.1) is 5.69 Å². The van der Waals surface area contributed by atoms with Crippen LogP contribution in [0.4, 0.5) is 17.2 Å². The summed E-state index contributed by atoms with van der Waals surface area (Å²) in [4.78, 5) is 12.7. The minimum atomic E-state index is -0.152. The maximum absolute atomic E-state index is 12.7. The second-order valence-corrected chi connectivity index (χ2v) is 8.13. The number of carbonyl (C=O) groups is 1. The predicted octanol–water partition coefficient (Wildman–Crippen LogP) is 6.79. The molecule has 0 saturated carbocycles. The Morgan fingerprint density at radius 1 is 0.848 bits per heavy atom. The Bertz CT molecular complexity index is 1220. The van der Waals surface area contributed by atoms with Gasteiger partial charge in [-0.25, -0.2) is 0 Å². The maximum Gasteiger partial charge on any atom is 0.255 e. The number of nitrogens with one attached hydrogen (secondary N) is 2. The molecule has 5 nitrogen and oxygen atoms in total. The third-order valence-electron chi connectivity index (χ3n) is 5.41. The summed E-state index contributed by atoms with van der Waals surface area (Å²) in [5.41, 5.74) is 6.45. The number of benzene rings is 3. The number of rotatable bonds is 8. The van der Waals surface area contributed by atoms with Gasteiger partial charge in [-0.1, -0.05) is 55.3 Å². The molecule has 2 N–H and O–H groups in total. The molecule has 166 valence electrons. The number of anilines is 3. The second kappa shape index (κ2) is 10.6. The molecule has 0 aliphatic carbocycles. The fourth-order valence-corrected chi connectivity index (χ4v) is 3.58. The highest BCUT2D eigenvalue weighted by Crippen LogP contribution is 2.21. The van der Waals surface area contributed by atoms with E-state index >= 15 is 0 Å². The monoisotopic (exact) mass is 436 g/mol. The van der Waals surface area contributed by atoms with Crippen LogP contribution in [0.25, 0.3) is 11.3 Å². The first-order valence-corrected chi connectivity index (χ1v) is 11.3. The van der Waals surface area contributed by atoms with E-state index in [9.17, 15) is 4.79 Å². The van der Waals surface area contributed by atoms with Gasteiger partial charge in [0.1, 0.15) is 0 Å². The molecule has 0 bridgehead atoms. The third-order valence-corrected chi connectivity index (χ3v) is 5.41. The van der Waals surface area contributed by atoms with Crippen molar-refractivity contribution in [2.45, 2.75) is 33.1 Å². The van der Waals surface area contributed by atoms with Crippen LogP contribution < -0.4 is 10.6 Å². The molecule has 0 radical (unpaired) electrons. The normalized spacial score (nSPS) is 10.6. The Kier molecular flexibility index (Phi) is 7.10. The summed E-state index contributed by atoms with van der Waals surface area (Å²) in [6.07, 6.45) is 3.41.